The van der Waals surface area contributed by atoms with E-state index in [9.17, 15) is 0 Å². The predicted octanol–water partition coefficient (Wildman–Crippen LogP) is 5.50. The molecule has 2 heteroatoms. The molecule has 0 spiro atoms. The fraction of sp³-hybridized carbons (Fsp3) is 0.955. The molecule has 0 rings (SSSR count). The molecule has 0 atom stereocenters. The van der Waals surface area contributed by atoms with Crippen LogP contribution in [0.25, 0.3) is 0 Å². The first-order valence-corrected chi connectivity index (χ1v) is 10.6. The third kappa shape index (κ3) is 25.3. The van der Waals surface area contributed by atoms with E-state index in [4.69, 9.17) is 0 Å². The Balaban J connectivity index is -0.00000220. The van der Waals surface area contributed by atoms with Gasteiger partial charge in [0.1, 0.15) is 0 Å². The third-order valence-electron chi connectivity index (χ3n) is 4.93. The summed E-state index contributed by atoms with van der Waals surface area (Å²) in [5, 5.41) is 0. The zero-order valence-electron chi connectivity index (χ0n) is 17.1. The summed E-state index contributed by atoms with van der Waals surface area (Å²) in [7, 11) is 0. The van der Waals surface area contributed by atoms with E-state index in [1.807, 2.05) is 0 Å². The normalized spacial score (nSPS) is 10.5. The second kappa shape index (κ2) is 26.3. The molecule has 0 heterocycles. The van der Waals surface area contributed by atoms with Crippen molar-refractivity contribution in [1.82, 2.24) is 0 Å². The summed E-state index contributed by atoms with van der Waals surface area (Å²) in [5.41, 5.74) is 0. The average molecular weight is 455 g/mol. The van der Waals surface area contributed by atoms with Crippen molar-refractivity contribution < 1.29 is 36.5 Å². The van der Waals surface area contributed by atoms with Crippen molar-refractivity contribution in [2.24, 2.45) is 5.92 Å². The van der Waals surface area contributed by atoms with Gasteiger partial charge in [-0.25, -0.2) is 0 Å². The van der Waals surface area contributed by atoms with Crippen LogP contribution in [0.4, 0.5) is 0 Å². The minimum Gasteiger partial charge on any atom is -1.00 e. The van der Waals surface area contributed by atoms with E-state index in [2.05, 4.69) is 20.8 Å². The minimum atomic E-state index is 0. The molecular weight excluding hydrogens is 410 g/mol. The first-order chi connectivity index (χ1) is 10.8. The molecular formula is C22H45BrZn. The van der Waals surface area contributed by atoms with Crippen LogP contribution < -0.4 is 17.0 Å². The molecule has 0 saturated carbocycles. The maximum absolute atomic E-state index is 4.35. The Morgan fingerprint density at radius 2 is 0.750 bits per heavy atom. The summed E-state index contributed by atoms with van der Waals surface area (Å²) in [5.74, 6) is 0.722. The Morgan fingerprint density at radius 3 is 1.04 bits per heavy atom. The number of halogens is 1. The molecule has 0 aliphatic carbocycles. The molecule has 0 saturated heterocycles. The van der Waals surface area contributed by atoms with E-state index >= 15 is 0 Å². The van der Waals surface area contributed by atoms with Gasteiger partial charge >= 0.3 is 19.5 Å². The first-order valence-electron chi connectivity index (χ1n) is 10.6. The summed E-state index contributed by atoms with van der Waals surface area (Å²) >= 11 is 0. The Bertz CT molecular complexity index is 176. The molecule has 0 N–H and O–H groups in total. The summed E-state index contributed by atoms with van der Waals surface area (Å²) in [6, 6.07) is 0. The fourth-order valence-electron chi connectivity index (χ4n) is 3.28. The van der Waals surface area contributed by atoms with Crippen LogP contribution in [0, 0.1) is 12.8 Å². The first kappa shape index (κ1) is 29.9. The van der Waals surface area contributed by atoms with Crippen LogP contribution in [0.15, 0.2) is 0 Å². The van der Waals surface area contributed by atoms with Crippen LogP contribution in [-0.2, 0) is 19.5 Å². The van der Waals surface area contributed by atoms with Crippen LogP contribution >= 0.6 is 0 Å². The summed E-state index contributed by atoms with van der Waals surface area (Å²) < 4.78 is 0. The Morgan fingerprint density at radius 1 is 0.500 bits per heavy atom. The maximum Gasteiger partial charge on any atom is 2.00 e. The molecule has 0 fully saturated rings. The van der Waals surface area contributed by atoms with Crippen molar-refractivity contribution in [1.29, 1.82) is 0 Å². The molecule has 0 radical (unpaired) electrons. The van der Waals surface area contributed by atoms with E-state index in [0.29, 0.717) is 0 Å². The number of hydrogen-bond donors (Lipinski definition) is 0. The summed E-state index contributed by atoms with van der Waals surface area (Å²) in [6.45, 7) is 8.94. The van der Waals surface area contributed by atoms with E-state index in [1.54, 1.807) is 0 Å². The van der Waals surface area contributed by atoms with Crippen molar-refractivity contribution in [3.63, 3.8) is 0 Å². The van der Waals surface area contributed by atoms with Crippen LogP contribution in [0.5, 0.6) is 0 Å². The van der Waals surface area contributed by atoms with Crippen LogP contribution in [0.2, 0.25) is 0 Å². The van der Waals surface area contributed by atoms with Crippen molar-refractivity contribution in [2.45, 2.75) is 129 Å². The Hall–Kier alpha value is 1.10. The molecule has 0 aromatic carbocycles. The zero-order chi connectivity index (χ0) is 16.3. The maximum atomic E-state index is 4.35. The molecule has 0 aromatic rings. The molecule has 0 unspecified atom stereocenters. The predicted molar refractivity (Wildman–Crippen MR) is 103 cm³/mol. The zero-order valence-corrected chi connectivity index (χ0v) is 21.7. The molecule has 0 aromatic heterocycles. The van der Waals surface area contributed by atoms with Gasteiger partial charge in [-0.1, -0.05) is 129 Å². The van der Waals surface area contributed by atoms with Crippen molar-refractivity contribution in [3.05, 3.63) is 6.92 Å². The Labute approximate surface area is 178 Å². The topological polar surface area (TPSA) is 0 Å². The number of hydrogen-bond acceptors (Lipinski definition) is 0. The standard InChI is InChI=1S/C22H45.BrH.Zn/c1-4-6-8-10-12-14-16-18-20-22(3)21-19-17-15-13-11-9-7-5-2;;/h22H,3-21H2,1-2H3;1H;/q-1;;+2/p-1. The van der Waals surface area contributed by atoms with Crippen LogP contribution in [-0.4, -0.2) is 0 Å². The van der Waals surface area contributed by atoms with Gasteiger partial charge in [-0.15, -0.1) is 0 Å². The van der Waals surface area contributed by atoms with Crippen LogP contribution in [0.1, 0.15) is 129 Å². The SMILES string of the molecule is [Br-].[CH2-]C(CCCCCCCCCC)CCCCCCCCCC.[Zn+2]. The monoisotopic (exact) mass is 452 g/mol. The van der Waals surface area contributed by atoms with Gasteiger partial charge in [-0.3, -0.25) is 0 Å². The molecule has 0 aliphatic rings. The second-order valence-corrected chi connectivity index (χ2v) is 7.39. The van der Waals surface area contributed by atoms with Gasteiger partial charge in [0.2, 0.25) is 0 Å². The minimum absolute atomic E-state index is 0. The van der Waals surface area contributed by atoms with Crippen molar-refractivity contribution in [3.8, 4) is 0 Å². The molecule has 142 valence electrons. The summed E-state index contributed by atoms with van der Waals surface area (Å²) in [4.78, 5) is 0. The molecule has 0 bridgehead atoms. The summed E-state index contributed by atoms with van der Waals surface area (Å²) in [6.07, 6.45) is 25.7. The van der Waals surface area contributed by atoms with Gasteiger partial charge in [0.25, 0.3) is 0 Å². The number of rotatable bonds is 18. The molecule has 0 nitrogen and oxygen atoms in total. The van der Waals surface area contributed by atoms with E-state index < -0.39 is 0 Å². The van der Waals surface area contributed by atoms with E-state index in [-0.39, 0.29) is 36.5 Å². The fourth-order valence-corrected chi connectivity index (χ4v) is 3.28. The third-order valence-corrected chi connectivity index (χ3v) is 4.93. The Kier molecular flexibility index (Phi) is 32.8. The van der Waals surface area contributed by atoms with Crippen LogP contribution in [0.3, 0.4) is 0 Å². The van der Waals surface area contributed by atoms with Gasteiger partial charge in [0, 0.05) is 0 Å². The van der Waals surface area contributed by atoms with Crippen molar-refractivity contribution in [2.75, 3.05) is 0 Å². The van der Waals surface area contributed by atoms with Gasteiger partial charge in [0.05, 0.1) is 0 Å². The van der Waals surface area contributed by atoms with E-state index in [0.717, 1.165) is 5.92 Å². The van der Waals surface area contributed by atoms with Gasteiger partial charge in [0.15, 0.2) is 0 Å². The second-order valence-electron chi connectivity index (χ2n) is 7.39. The van der Waals surface area contributed by atoms with E-state index in [1.165, 1.54) is 116 Å². The molecule has 0 aliphatic heterocycles. The van der Waals surface area contributed by atoms with Gasteiger partial charge < -0.3 is 23.9 Å². The quantitative estimate of drug-likeness (QED) is 0.146. The molecule has 0 amide bonds. The number of unbranched alkanes of at least 4 members (excludes halogenated alkanes) is 14. The largest absolute Gasteiger partial charge is 2.00 e. The molecule has 24 heavy (non-hydrogen) atoms. The van der Waals surface area contributed by atoms with Gasteiger partial charge in [-0.05, 0) is 0 Å². The smallest absolute Gasteiger partial charge is 1.00 e. The average Bonchev–Trinajstić information content (AvgIpc) is 2.52. The van der Waals surface area contributed by atoms with Crippen molar-refractivity contribution >= 4 is 0 Å². The van der Waals surface area contributed by atoms with Gasteiger partial charge in [-0.2, -0.15) is 5.92 Å².